The summed E-state index contributed by atoms with van der Waals surface area (Å²) in [5, 5.41) is 10.2. The normalized spacial score (nSPS) is 19.9. The fourth-order valence-electron chi connectivity index (χ4n) is 5.06. The molecule has 8 heteroatoms. The Morgan fingerprint density at radius 1 is 1.24 bits per heavy atom. The predicted molar refractivity (Wildman–Crippen MR) is 129 cm³/mol. The van der Waals surface area contributed by atoms with Gasteiger partial charge in [0.2, 0.25) is 5.76 Å². The van der Waals surface area contributed by atoms with Crippen LogP contribution in [0.25, 0.3) is 0 Å². The highest BCUT2D eigenvalue weighted by Crippen LogP contribution is 2.38. The molecular formula is C26H35N5O3. The number of nitrogens with zero attached hydrogens (tertiary/aromatic N) is 5. The van der Waals surface area contributed by atoms with Crippen LogP contribution in [0.1, 0.15) is 86.1 Å². The third kappa shape index (κ3) is 4.29. The van der Waals surface area contributed by atoms with Crippen LogP contribution in [0.15, 0.2) is 10.8 Å². The van der Waals surface area contributed by atoms with Crippen LogP contribution in [0.5, 0.6) is 0 Å². The van der Waals surface area contributed by atoms with Crippen LogP contribution in [-0.4, -0.2) is 52.1 Å². The van der Waals surface area contributed by atoms with Crippen LogP contribution in [0.3, 0.4) is 0 Å². The number of ether oxygens (including phenoxy) is 1. The van der Waals surface area contributed by atoms with Crippen molar-refractivity contribution in [3.63, 3.8) is 0 Å². The number of hydrogen-bond acceptors (Lipinski definition) is 7. The Bertz CT molecular complexity index is 1130. The molecule has 1 unspecified atom stereocenters. The van der Waals surface area contributed by atoms with Gasteiger partial charge in [0.05, 0.1) is 35.2 Å². The second kappa shape index (κ2) is 9.03. The molecule has 0 aromatic carbocycles. The summed E-state index contributed by atoms with van der Waals surface area (Å²) in [6.45, 7) is 16.6. The van der Waals surface area contributed by atoms with Crippen LogP contribution in [0, 0.1) is 24.2 Å². The lowest BCUT2D eigenvalue weighted by atomic mass is 9.86. The van der Waals surface area contributed by atoms with Crippen molar-refractivity contribution < 1.29 is 13.9 Å². The molecule has 2 aromatic rings. The molecule has 182 valence electrons. The van der Waals surface area contributed by atoms with Gasteiger partial charge < -0.3 is 19.0 Å². The van der Waals surface area contributed by atoms with Crippen molar-refractivity contribution in [2.24, 2.45) is 5.92 Å². The van der Waals surface area contributed by atoms with Crippen LogP contribution in [-0.2, 0) is 17.8 Å². The number of carbonyl (C=O) groups is 1. The van der Waals surface area contributed by atoms with Gasteiger partial charge >= 0.3 is 0 Å². The molecule has 0 spiro atoms. The molecule has 1 saturated heterocycles. The van der Waals surface area contributed by atoms with Gasteiger partial charge in [-0.05, 0) is 38.2 Å². The number of nitriles is 1. The maximum atomic E-state index is 13.3. The summed E-state index contributed by atoms with van der Waals surface area (Å²) in [5.41, 5.74) is 4.03. The molecule has 4 heterocycles. The zero-order valence-corrected chi connectivity index (χ0v) is 21.3. The van der Waals surface area contributed by atoms with Crippen LogP contribution in [0.2, 0.25) is 0 Å². The lowest BCUT2D eigenvalue weighted by molar-refractivity contribution is -0.0408. The SMILES string of the molecule is Cc1ncoc1C(=O)N1CCN(c2nc(C(C)C)c3c(c2C#N)CC(C)(C)OC3)CC1C(C)C. The van der Waals surface area contributed by atoms with E-state index in [4.69, 9.17) is 14.1 Å². The number of piperazine rings is 1. The largest absolute Gasteiger partial charge is 0.438 e. The van der Waals surface area contributed by atoms with E-state index in [1.165, 1.54) is 6.39 Å². The van der Waals surface area contributed by atoms with Crippen LogP contribution in [0.4, 0.5) is 5.82 Å². The van der Waals surface area contributed by atoms with Gasteiger partial charge in [0.15, 0.2) is 6.39 Å². The number of carbonyl (C=O) groups excluding carboxylic acids is 1. The summed E-state index contributed by atoms with van der Waals surface area (Å²) < 4.78 is 11.5. The van der Waals surface area contributed by atoms with Crippen LogP contribution >= 0.6 is 0 Å². The minimum atomic E-state index is -0.327. The zero-order chi connectivity index (χ0) is 24.8. The Morgan fingerprint density at radius 2 is 1.97 bits per heavy atom. The Balaban J connectivity index is 1.73. The lowest BCUT2D eigenvalue weighted by Gasteiger charge is -2.44. The van der Waals surface area contributed by atoms with Gasteiger partial charge in [-0.25, -0.2) is 9.97 Å². The Labute approximate surface area is 201 Å². The van der Waals surface area contributed by atoms with E-state index in [1.807, 2.05) is 4.90 Å². The van der Waals surface area contributed by atoms with Gasteiger partial charge in [0.1, 0.15) is 11.9 Å². The summed E-state index contributed by atoms with van der Waals surface area (Å²) in [7, 11) is 0. The monoisotopic (exact) mass is 465 g/mol. The number of aromatic nitrogens is 2. The van der Waals surface area contributed by atoms with E-state index in [-0.39, 0.29) is 29.4 Å². The van der Waals surface area contributed by atoms with E-state index >= 15 is 0 Å². The molecule has 0 radical (unpaired) electrons. The highest BCUT2D eigenvalue weighted by Gasteiger charge is 2.38. The second-order valence-corrected chi connectivity index (χ2v) is 10.7. The first-order valence-electron chi connectivity index (χ1n) is 12.1. The summed E-state index contributed by atoms with van der Waals surface area (Å²) in [4.78, 5) is 26.5. The first kappa shape index (κ1) is 24.2. The number of aryl methyl sites for hydroxylation is 1. The number of hydrogen-bond donors (Lipinski definition) is 0. The van der Waals surface area contributed by atoms with E-state index in [0.29, 0.717) is 49.7 Å². The molecule has 0 saturated carbocycles. The number of rotatable bonds is 4. The van der Waals surface area contributed by atoms with Gasteiger partial charge in [0, 0.05) is 31.6 Å². The van der Waals surface area contributed by atoms with E-state index in [2.05, 4.69) is 57.5 Å². The maximum absolute atomic E-state index is 13.3. The predicted octanol–water partition coefficient (Wildman–Crippen LogP) is 4.21. The van der Waals surface area contributed by atoms with Crippen molar-refractivity contribution in [2.75, 3.05) is 24.5 Å². The van der Waals surface area contributed by atoms with Gasteiger partial charge in [-0.2, -0.15) is 5.26 Å². The molecule has 4 rings (SSSR count). The molecule has 0 aliphatic carbocycles. The Morgan fingerprint density at radius 3 is 2.56 bits per heavy atom. The van der Waals surface area contributed by atoms with Crippen molar-refractivity contribution in [3.8, 4) is 6.07 Å². The topological polar surface area (TPSA) is 95.5 Å². The lowest BCUT2D eigenvalue weighted by Crippen LogP contribution is -2.57. The zero-order valence-electron chi connectivity index (χ0n) is 21.3. The average Bonchev–Trinajstić information content (AvgIpc) is 3.22. The minimum Gasteiger partial charge on any atom is -0.438 e. The van der Waals surface area contributed by atoms with E-state index in [1.54, 1.807) is 6.92 Å². The number of oxazole rings is 1. The van der Waals surface area contributed by atoms with E-state index < -0.39 is 0 Å². The molecule has 0 N–H and O–H groups in total. The standard InChI is InChI=1S/C26H35N5O3/c1-15(2)21-12-30(8-9-31(21)25(32)23-17(5)28-14-33-23)24-19(11-27)18-10-26(6,7)34-13-20(18)22(29-24)16(3)4/h14-16,21H,8-10,12-13H2,1-7H3. The van der Waals surface area contributed by atoms with Crippen molar-refractivity contribution in [1.29, 1.82) is 5.26 Å². The van der Waals surface area contributed by atoms with Crippen molar-refractivity contribution in [1.82, 2.24) is 14.9 Å². The molecular weight excluding hydrogens is 430 g/mol. The molecule has 2 aromatic heterocycles. The Kier molecular flexibility index (Phi) is 6.43. The van der Waals surface area contributed by atoms with Gasteiger partial charge in [-0.3, -0.25) is 4.79 Å². The third-order valence-corrected chi connectivity index (χ3v) is 6.98. The number of pyridine rings is 1. The van der Waals surface area contributed by atoms with Gasteiger partial charge in [-0.1, -0.05) is 27.7 Å². The minimum absolute atomic E-state index is 0.0441. The quantitative estimate of drug-likeness (QED) is 0.667. The molecule has 2 aliphatic heterocycles. The molecule has 1 atom stereocenters. The maximum Gasteiger partial charge on any atom is 0.291 e. The van der Waals surface area contributed by atoms with Crippen molar-refractivity contribution in [3.05, 3.63) is 40.2 Å². The fourth-order valence-corrected chi connectivity index (χ4v) is 5.06. The smallest absolute Gasteiger partial charge is 0.291 e. The first-order valence-corrected chi connectivity index (χ1v) is 12.1. The summed E-state index contributed by atoms with van der Waals surface area (Å²) in [5.74, 6) is 1.33. The highest BCUT2D eigenvalue weighted by atomic mass is 16.5. The summed E-state index contributed by atoms with van der Waals surface area (Å²) in [6, 6.07) is 2.43. The second-order valence-electron chi connectivity index (χ2n) is 10.7. The molecule has 1 fully saturated rings. The van der Waals surface area contributed by atoms with E-state index in [9.17, 15) is 10.1 Å². The first-order chi connectivity index (χ1) is 16.0. The summed E-state index contributed by atoms with van der Waals surface area (Å²) in [6.07, 6.45) is 2.00. The summed E-state index contributed by atoms with van der Waals surface area (Å²) >= 11 is 0. The third-order valence-electron chi connectivity index (χ3n) is 6.98. The number of anilines is 1. The average molecular weight is 466 g/mol. The van der Waals surface area contributed by atoms with Gasteiger partial charge in [-0.15, -0.1) is 0 Å². The number of amides is 1. The molecule has 34 heavy (non-hydrogen) atoms. The Hall–Kier alpha value is -2.92. The van der Waals surface area contributed by atoms with E-state index in [0.717, 1.165) is 22.6 Å². The number of fused-ring (bicyclic) bond motifs is 1. The van der Waals surface area contributed by atoms with Crippen LogP contribution < -0.4 is 4.90 Å². The van der Waals surface area contributed by atoms with Crippen molar-refractivity contribution >= 4 is 11.7 Å². The molecule has 8 nitrogen and oxygen atoms in total. The molecule has 0 bridgehead atoms. The fraction of sp³-hybridized carbons (Fsp3) is 0.615. The molecule has 2 aliphatic rings. The highest BCUT2D eigenvalue weighted by molar-refractivity contribution is 5.92. The molecule has 1 amide bonds. The van der Waals surface area contributed by atoms with Crippen molar-refractivity contribution in [2.45, 2.75) is 79.1 Å². The van der Waals surface area contributed by atoms with Gasteiger partial charge in [0.25, 0.3) is 5.91 Å².